The zero-order valence-electron chi connectivity index (χ0n) is 11.5. The summed E-state index contributed by atoms with van der Waals surface area (Å²) in [5.41, 5.74) is 3.12. The van der Waals surface area contributed by atoms with E-state index in [2.05, 4.69) is 15.4 Å². The van der Waals surface area contributed by atoms with Gasteiger partial charge in [-0.1, -0.05) is 18.2 Å². The summed E-state index contributed by atoms with van der Waals surface area (Å²) in [6.45, 7) is 2.69. The second kappa shape index (κ2) is 5.21. The van der Waals surface area contributed by atoms with E-state index in [1.165, 1.54) is 0 Å². The molecule has 2 aromatic heterocycles. The van der Waals surface area contributed by atoms with Crippen LogP contribution in [0, 0.1) is 6.92 Å². The Hall–Kier alpha value is -2.56. The van der Waals surface area contributed by atoms with Crippen molar-refractivity contribution in [1.82, 2.24) is 14.6 Å². The number of hydrogen-bond donors (Lipinski definition) is 1. The highest BCUT2D eigenvalue weighted by Gasteiger charge is 2.03. The molecule has 1 N–H and O–H groups in total. The van der Waals surface area contributed by atoms with Crippen LogP contribution in [0.4, 0.5) is 5.95 Å². The zero-order chi connectivity index (χ0) is 13.9. The Labute approximate surface area is 117 Å². The number of fused-ring (bicyclic) bond motifs is 1. The van der Waals surface area contributed by atoms with Gasteiger partial charge in [-0.05, 0) is 36.2 Å². The molecular formula is C15H16N4O. The Morgan fingerprint density at radius 1 is 1.25 bits per heavy atom. The molecule has 0 radical (unpaired) electrons. The summed E-state index contributed by atoms with van der Waals surface area (Å²) in [4.78, 5) is 4.42. The van der Waals surface area contributed by atoms with Gasteiger partial charge in [0.2, 0.25) is 5.95 Å². The van der Waals surface area contributed by atoms with Gasteiger partial charge in [0, 0.05) is 12.7 Å². The minimum atomic E-state index is 0.624. The van der Waals surface area contributed by atoms with Crippen LogP contribution in [0.2, 0.25) is 0 Å². The maximum Gasteiger partial charge on any atom is 0.243 e. The first-order chi connectivity index (χ1) is 9.74. The molecule has 0 unspecified atom stereocenters. The molecule has 3 rings (SSSR count). The van der Waals surface area contributed by atoms with Crippen molar-refractivity contribution >= 4 is 11.6 Å². The van der Waals surface area contributed by atoms with Crippen LogP contribution in [0.25, 0.3) is 5.65 Å². The molecule has 0 aliphatic rings. The van der Waals surface area contributed by atoms with Gasteiger partial charge in [-0.25, -0.2) is 4.52 Å². The predicted molar refractivity (Wildman–Crippen MR) is 78.0 cm³/mol. The van der Waals surface area contributed by atoms with Gasteiger partial charge in [-0.3, -0.25) is 0 Å². The summed E-state index contributed by atoms with van der Waals surface area (Å²) >= 11 is 0. The highest BCUT2D eigenvalue weighted by Crippen LogP contribution is 2.14. The van der Waals surface area contributed by atoms with Gasteiger partial charge in [0.15, 0.2) is 5.65 Å². The van der Waals surface area contributed by atoms with Crippen LogP contribution in [-0.2, 0) is 6.54 Å². The van der Waals surface area contributed by atoms with Crippen molar-refractivity contribution in [3.8, 4) is 5.75 Å². The van der Waals surface area contributed by atoms with Crippen LogP contribution >= 0.6 is 0 Å². The standard InChI is InChI=1S/C15H16N4O/c1-11-6-7-14-17-15(18-19(14)10-11)16-9-12-4-3-5-13(8-12)20-2/h3-8,10H,9H2,1-2H3,(H,16,18). The maximum absolute atomic E-state index is 5.20. The van der Waals surface area contributed by atoms with Crippen LogP contribution in [-0.4, -0.2) is 21.7 Å². The van der Waals surface area contributed by atoms with Crippen molar-refractivity contribution in [2.75, 3.05) is 12.4 Å². The third-order valence-electron chi connectivity index (χ3n) is 3.06. The van der Waals surface area contributed by atoms with E-state index in [0.29, 0.717) is 12.5 Å². The Bertz CT molecular complexity index is 736. The SMILES string of the molecule is COc1cccc(CNc2nc3ccc(C)cn3n2)c1. The van der Waals surface area contributed by atoms with E-state index in [-0.39, 0.29) is 0 Å². The lowest BCUT2D eigenvalue weighted by Gasteiger charge is -2.04. The Balaban J connectivity index is 1.76. The molecule has 0 fully saturated rings. The average molecular weight is 268 g/mol. The van der Waals surface area contributed by atoms with Crippen molar-refractivity contribution in [2.45, 2.75) is 13.5 Å². The number of nitrogens with zero attached hydrogens (tertiary/aromatic N) is 3. The second-order valence-corrected chi connectivity index (χ2v) is 4.65. The summed E-state index contributed by atoms with van der Waals surface area (Å²) in [5, 5.41) is 7.62. The smallest absolute Gasteiger partial charge is 0.243 e. The largest absolute Gasteiger partial charge is 0.497 e. The Morgan fingerprint density at radius 2 is 2.15 bits per heavy atom. The molecule has 0 saturated heterocycles. The quantitative estimate of drug-likeness (QED) is 0.790. The molecule has 5 nitrogen and oxygen atoms in total. The molecule has 0 aliphatic carbocycles. The van der Waals surface area contributed by atoms with E-state index < -0.39 is 0 Å². The minimum Gasteiger partial charge on any atom is -0.497 e. The molecule has 0 spiro atoms. The maximum atomic E-state index is 5.20. The average Bonchev–Trinajstić information content (AvgIpc) is 2.87. The summed E-state index contributed by atoms with van der Waals surface area (Å²) in [5.74, 6) is 1.47. The number of nitrogens with one attached hydrogen (secondary N) is 1. The number of anilines is 1. The molecule has 0 bridgehead atoms. The number of benzene rings is 1. The number of aromatic nitrogens is 3. The van der Waals surface area contributed by atoms with Crippen molar-refractivity contribution in [1.29, 1.82) is 0 Å². The van der Waals surface area contributed by atoms with Crippen molar-refractivity contribution in [3.63, 3.8) is 0 Å². The highest BCUT2D eigenvalue weighted by molar-refractivity contribution is 5.44. The number of rotatable bonds is 4. The van der Waals surface area contributed by atoms with E-state index in [0.717, 1.165) is 22.5 Å². The topological polar surface area (TPSA) is 51.5 Å². The summed E-state index contributed by atoms with van der Waals surface area (Å²) in [7, 11) is 1.67. The summed E-state index contributed by atoms with van der Waals surface area (Å²) in [6.07, 6.45) is 1.96. The van der Waals surface area contributed by atoms with E-state index >= 15 is 0 Å². The second-order valence-electron chi connectivity index (χ2n) is 4.65. The lowest BCUT2D eigenvalue weighted by atomic mass is 10.2. The molecule has 1 aromatic carbocycles. The van der Waals surface area contributed by atoms with Crippen LogP contribution in [0.1, 0.15) is 11.1 Å². The fraction of sp³-hybridized carbons (Fsp3) is 0.200. The van der Waals surface area contributed by atoms with Gasteiger partial charge in [0.1, 0.15) is 5.75 Å². The van der Waals surface area contributed by atoms with Gasteiger partial charge < -0.3 is 10.1 Å². The predicted octanol–water partition coefficient (Wildman–Crippen LogP) is 2.66. The highest BCUT2D eigenvalue weighted by atomic mass is 16.5. The molecule has 20 heavy (non-hydrogen) atoms. The fourth-order valence-corrected chi connectivity index (χ4v) is 2.02. The number of hydrogen-bond acceptors (Lipinski definition) is 4. The van der Waals surface area contributed by atoms with E-state index in [9.17, 15) is 0 Å². The number of methoxy groups -OCH3 is 1. The molecule has 2 heterocycles. The van der Waals surface area contributed by atoms with E-state index in [1.54, 1.807) is 11.6 Å². The van der Waals surface area contributed by atoms with Crippen molar-refractivity contribution in [3.05, 3.63) is 53.7 Å². The normalized spacial score (nSPS) is 10.7. The molecule has 0 amide bonds. The Kier molecular flexibility index (Phi) is 3.25. The summed E-state index contributed by atoms with van der Waals surface area (Å²) < 4.78 is 6.99. The number of ether oxygens (including phenoxy) is 1. The van der Waals surface area contributed by atoms with Crippen LogP contribution < -0.4 is 10.1 Å². The Morgan fingerprint density at radius 3 is 3.00 bits per heavy atom. The minimum absolute atomic E-state index is 0.624. The molecular weight excluding hydrogens is 252 g/mol. The summed E-state index contributed by atoms with van der Waals surface area (Å²) in [6, 6.07) is 11.9. The molecule has 0 atom stereocenters. The van der Waals surface area contributed by atoms with Gasteiger partial charge in [0.25, 0.3) is 0 Å². The van der Waals surface area contributed by atoms with Crippen LogP contribution in [0.5, 0.6) is 5.75 Å². The van der Waals surface area contributed by atoms with Gasteiger partial charge in [0.05, 0.1) is 7.11 Å². The lowest BCUT2D eigenvalue weighted by molar-refractivity contribution is 0.414. The zero-order valence-corrected chi connectivity index (χ0v) is 11.5. The lowest BCUT2D eigenvalue weighted by Crippen LogP contribution is -2.01. The van der Waals surface area contributed by atoms with Crippen LogP contribution in [0.15, 0.2) is 42.6 Å². The molecule has 0 saturated carbocycles. The molecule has 102 valence electrons. The first kappa shape index (κ1) is 12.5. The first-order valence-corrected chi connectivity index (χ1v) is 6.44. The molecule has 0 aliphatic heterocycles. The van der Waals surface area contributed by atoms with Gasteiger partial charge in [-0.2, -0.15) is 4.98 Å². The third-order valence-corrected chi connectivity index (χ3v) is 3.06. The third kappa shape index (κ3) is 2.56. The van der Waals surface area contributed by atoms with E-state index in [4.69, 9.17) is 4.74 Å². The monoisotopic (exact) mass is 268 g/mol. The first-order valence-electron chi connectivity index (χ1n) is 6.44. The molecule has 5 heteroatoms. The fourth-order valence-electron chi connectivity index (χ4n) is 2.02. The molecule has 3 aromatic rings. The van der Waals surface area contributed by atoms with Gasteiger partial charge in [-0.15, -0.1) is 5.10 Å². The number of aryl methyl sites for hydroxylation is 1. The van der Waals surface area contributed by atoms with Crippen molar-refractivity contribution < 1.29 is 4.74 Å². The van der Waals surface area contributed by atoms with E-state index in [1.807, 2.05) is 49.5 Å². The van der Waals surface area contributed by atoms with Crippen LogP contribution in [0.3, 0.4) is 0 Å². The van der Waals surface area contributed by atoms with Crippen molar-refractivity contribution in [2.24, 2.45) is 0 Å². The number of pyridine rings is 1. The van der Waals surface area contributed by atoms with Gasteiger partial charge >= 0.3 is 0 Å².